The fourth-order valence-corrected chi connectivity index (χ4v) is 3.35. The minimum absolute atomic E-state index is 0.208. The molecule has 5 heteroatoms. The number of rotatable bonds is 0. The van der Waals surface area contributed by atoms with Crippen molar-refractivity contribution in [3.05, 3.63) is 0 Å². The van der Waals surface area contributed by atoms with Gasteiger partial charge in [-0.2, -0.15) is 5.26 Å². The molecule has 0 aliphatic carbocycles. The molecule has 1 saturated heterocycles. The maximum absolute atomic E-state index is 12.5. The largest absolute Gasteiger partial charge is 0.444 e. The molecule has 1 N–H and O–H groups in total. The van der Waals surface area contributed by atoms with E-state index in [1.807, 2.05) is 54.5 Å². The van der Waals surface area contributed by atoms with E-state index in [2.05, 4.69) is 0 Å². The molecule has 1 aliphatic heterocycles. The fourth-order valence-electron chi connectivity index (χ4n) is 3.35. The average molecular weight is 282 g/mol. The molecule has 1 fully saturated rings. The van der Waals surface area contributed by atoms with E-state index >= 15 is 0 Å². The lowest BCUT2D eigenvalue weighted by atomic mass is 9.72. The molecule has 0 atom stereocenters. The van der Waals surface area contributed by atoms with Crippen molar-refractivity contribution in [2.75, 3.05) is 0 Å². The summed E-state index contributed by atoms with van der Waals surface area (Å²) in [5, 5.41) is 19.5. The van der Waals surface area contributed by atoms with E-state index in [0.717, 1.165) is 0 Å². The highest BCUT2D eigenvalue weighted by Gasteiger charge is 2.54. The number of ether oxygens (including phenoxy) is 1. The lowest BCUT2D eigenvalue weighted by Crippen LogP contribution is -2.67. The van der Waals surface area contributed by atoms with Gasteiger partial charge in [0, 0.05) is 23.9 Å². The van der Waals surface area contributed by atoms with Gasteiger partial charge in [-0.1, -0.05) is 0 Å². The van der Waals surface area contributed by atoms with E-state index in [9.17, 15) is 15.2 Å². The van der Waals surface area contributed by atoms with E-state index in [1.54, 1.807) is 4.90 Å². The van der Waals surface area contributed by atoms with Gasteiger partial charge in [0.15, 0.2) is 5.60 Å². The van der Waals surface area contributed by atoms with Gasteiger partial charge in [0.05, 0.1) is 6.07 Å². The highest BCUT2D eigenvalue weighted by atomic mass is 16.6. The highest BCUT2D eigenvalue weighted by Crippen LogP contribution is 2.43. The van der Waals surface area contributed by atoms with Gasteiger partial charge in [0.2, 0.25) is 0 Å². The van der Waals surface area contributed by atoms with Crippen molar-refractivity contribution in [2.45, 2.75) is 83.6 Å². The molecule has 0 unspecified atom stereocenters. The van der Waals surface area contributed by atoms with Crippen molar-refractivity contribution in [3.63, 3.8) is 0 Å². The Balaban J connectivity index is 3.14. The monoisotopic (exact) mass is 282 g/mol. The Morgan fingerprint density at radius 2 is 1.60 bits per heavy atom. The lowest BCUT2D eigenvalue weighted by molar-refractivity contribution is -0.107. The number of hydrogen-bond donors (Lipinski definition) is 1. The number of piperidine rings is 1. The van der Waals surface area contributed by atoms with Gasteiger partial charge in [-0.05, 0) is 48.5 Å². The first-order chi connectivity index (χ1) is 8.72. The maximum atomic E-state index is 12.5. The van der Waals surface area contributed by atoms with Crippen LogP contribution in [0.2, 0.25) is 0 Å². The van der Waals surface area contributed by atoms with Crippen LogP contribution >= 0.6 is 0 Å². The van der Waals surface area contributed by atoms with E-state index in [-0.39, 0.29) is 12.8 Å². The van der Waals surface area contributed by atoms with Crippen LogP contribution in [-0.2, 0) is 4.74 Å². The molecule has 0 spiro atoms. The minimum Gasteiger partial charge on any atom is -0.444 e. The summed E-state index contributed by atoms with van der Waals surface area (Å²) in [6, 6.07) is 1.98. The van der Waals surface area contributed by atoms with Crippen molar-refractivity contribution in [2.24, 2.45) is 0 Å². The minimum atomic E-state index is -1.41. The molecule has 0 aromatic rings. The van der Waals surface area contributed by atoms with Gasteiger partial charge in [0.25, 0.3) is 0 Å². The van der Waals surface area contributed by atoms with E-state index in [0.29, 0.717) is 0 Å². The topological polar surface area (TPSA) is 73.6 Å². The second-order valence-corrected chi connectivity index (χ2v) is 7.94. The highest BCUT2D eigenvalue weighted by molar-refractivity contribution is 5.70. The van der Waals surface area contributed by atoms with Crippen LogP contribution in [0.1, 0.15) is 61.3 Å². The summed E-state index contributed by atoms with van der Waals surface area (Å²) < 4.78 is 5.47. The molecule has 0 aromatic carbocycles. The number of likely N-dealkylation sites (tertiary alicyclic amines) is 1. The first-order valence-electron chi connectivity index (χ1n) is 6.89. The third-order valence-corrected chi connectivity index (χ3v) is 3.44. The quantitative estimate of drug-likeness (QED) is 0.693. The van der Waals surface area contributed by atoms with Crippen molar-refractivity contribution in [3.8, 4) is 6.07 Å². The summed E-state index contributed by atoms with van der Waals surface area (Å²) in [5.74, 6) is 0. The van der Waals surface area contributed by atoms with Gasteiger partial charge in [-0.15, -0.1) is 0 Å². The smallest absolute Gasteiger partial charge is 0.411 e. The summed E-state index contributed by atoms with van der Waals surface area (Å²) in [6.07, 6.45) is 0.00529. The first-order valence-corrected chi connectivity index (χ1v) is 6.89. The molecule has 0 radical (unpaired) electrons. The third-order valence-electron chi connectivity index (χ3n) is 3.44. The fraction of sp³-hybridized carbons (Fsp3) is 0.867. The van der Waals surface area contributed by atoms with Gasteiger partial charge < -0.3 is 9.84 Å². The predicted molar refractivity (Wildman–Crippen MR) is 76.0 cm³/mol. The van der Waals surface area contributed by atoms with Crippen molar-refractivity contribution in [1.29, 1.82) is 5.26 Å². The normalized spacial score (nSPS) is 23.9. The van der Waals surface area contributed by atoms with Crippen LogP contribution in [0, 0.1) is 11.3 Å². The zero-order chi connectivity index (χ0) is 16.0. The SMILES string of the molecule is CC(C)(C)OC(=O)N1C(C)(C)CC(O)(C#N)CC1(C)C. The molecule has 114 valence electrons. The van der Waals surface area contributed by atoms with Crippen LogP contribution in [0.4, 0.5) is 4.79 Å². The summed E-state index contributed by atoms with van der Waals surface area (Å²) in [5.41, 5.74) is -3.30. The Morgan fingerprint density at radius 1 is 1.20 bits per heavy atom. The Morgan fingerprint density at radius 3 is 1.90 bits per heavy atom. The Bertz CT molecular complexity index is 423. The molecule has 5 nitrogen and oxygen atoms in total. The summed E-state index contributed by atoms with van der Waals surface area (Å²) >= 11 is 0. The van der Waals surface area contributed by atoms with E-state index in [1.165, 1.54) is 0 Å². The number of carbonyl (C=O) groups is 1. The molecule has 0 saturated carbocycles. The molecule has 1 aliphatic rings. The molecule has 0 aromatic heterocycles. The molecule has 1 heterocycles. The van der Waals surface area contributed by atoms with Gasteiger partial charge in [-0.3, -0.25) is 4.90 Å². The average Bonchev–Trinajstić information content (AvgIpc) is 2.08. The third kappa shape index (κ3) is 3.43. The Hall–Kier alpha value is -1.28. The summed E-state index contributed by atoms with van der Waals surface area (Å²) in [4.78, 5) is 14.1. The number of nitriles is 1. The van der Waals surface area contributed by atoms with Crippen molar-refractivity contribution in [1.82, 2.24) is 4.90 Å². The molecular weight excluding hydrogens is 256 g/mol. The molecule has 1 rings (SSSR count). The lowest BCUT2D eigenvalue weighted by Gasteiger charge is -2.55. The van der Waals surface area contributed by atoms with Crippen LogP contribution in [0.5, 0.6) is 0 Å². The van der Waals surface area contributed by atoms with E-state index in [4.69, 9.17) is 4.74 Å². The van der Waals surface area contributed by atoms with Crippen molar-refractivity contribution < 1.29 is 14.6 Å². The summed E-state index contributed by atoms with van der Waals surface area (Å²) in [6.45, 7) is 12.8. The number of hydrogen-bond acceptors (Lipinski definition) is 4. The first kappa shape index (κ1) is 16.8. The van der Waals surface area contributed by atoms with Crippen LogP contribution in [0.3, 0.4) is 0 Å². The zero-order valence-electron chi connectivity index (χ0n) is 13.6. The van der Waals surface area contributed by atoms with Gasteiger partial charge in [0.1, 0.15) is 5.60 Å². The predicted octanol–water partition coefficient (Wildman–Crippen LogP) is 2.83. The number of carbonyl (C=O) groups excluding carboxylic acids is 1. The van der Waals surface area contributed by atoms with E-state index < -0.39 is 28.4 Å². The Labute approximate surface area is 121 Å². The number of aliphatic hydroxyl groups is 1. The maximum Gasteiger partial charge on any atom is 0.411 e. The molecular formula is C15H26N2O3. The van der Waals surface area contributed by atoms with Crippen LogP contribution in [-0.4, -0.2) is 38.4 Å². The van der Waals surface area contributed by atoms with Crippen LogP contribution in [0.25, 0.3) is 0 Å². The van der Waals surface area contributed by atoms with Crippen molar-refractivity contribution >= 4 is 6.09 Å². The molecule has 0 bridgehead atoms. The zero-order valence-corrected chi connectivity index (χ0v) is 13.6. The summed E-state index contributed by atoms with van der Waals surface area (Å²) in [7, 11) is 0. The molecule has 20 heavy (non-hydrogen) atoms. The number of amides is 1. The second-order valence-electron chi connectivity index (χ2n) is 7.94. The van der Waals surface area contributed by atoms with Crippen LogP contribution < -0.4 is 0 Å². The standard InChI is InChI=1S/C15H26N2O3/c1-12(2,3)20-11(18)17-13(4,5)8-15(19,10-16)9-14(17,6)7/h19H,8-9H2,1-7H3. The van der Waals surface area contributed by atoms with Crippen LogP contribution in [0.15, 0.2) is 0 Å². The van der Waals surface area contributed by atoms with Gasteiger partial charge >= 0.3 is 6.09 Å². The molecule has 1 amide bonds. The van der Waals surface area contributed by atoms with Gasteiger partial charge in [-0.25, -0.2) is 4.79 Å². The number of nitrogens with zero attached hydrogens (tertiary/aromatic N) is 2. The Kier molecular flexibility index (Phi) is 3.88. The second kappa shape index (κ2) is 4.63.